The Hall–Kier alpha value is -2.96. The average Bonchev–Trinajstić information content (AvgIpc) is 3.31. The standard InChI is InChI=1S/C8H9N3O.C8H8N2O.C8H18.C2H6/c1-6(4-12)11-8-3-9-5-10-7(8)2;11-10-7-1-2-8-6(5-7)3-4-9-8;1-4-6-8(3)7-5-2;1-2/h3-5H,1-2H3;1-2,5,9H,3-4H2;8H,4-7H2,1-3H3;1-2H3. The van der Waals surface area contributed by atoms with Crippen LogP contribution in [0, 0.1) is 17.7 Å². The monoisotopic (exact) mass is 455 g/mol. The number of nitrogens with one attached hydrogen (secondary N) is 1. The van der Waals surface area contributed by atoms with Gasteiger partial charge < -0.3 is 5.32 Å². The summed E-state index contributed by atoms with van der Waals surface area (Å²) in [6, 6.07) is 5.46. The number of aliphatic imine (C=N–C) groups is 1. The molecule has 33 heavy (non-hydrogen) atoms. The van der Waals surface area contributed by atoms with Gasteiger partial charge in [-0.2, -0.15) is 0 Å². The number of rotatable bonds is 7. The number of benzene rings is 1. The van der Waals surface area contributed by atoms with Crippen LogP contribution < -0.4 is 5.32 Å². The fourth-order valence-corrected chi connectivity index (χ4v) is 3.19. The van der Waals surface area contributed by atoms with E-state index in [4.69, 9.17) is 0 Å². The van der Waals surface area contributed by atoms with Crippen LogP contribution in [0.5, 0.6) is 0 Å². The van der Waals surface area contributed by atoms with Crippen LogP contribution in [-0.4, -0.2) is 28.5 Å². The molecule has 2 heterocycles. The molecule has 0 fully saturated rings. The minimum atomic E-state index is 0.424. The summed E-state index contributed by atoms with van der Waals surface area (Å²) in [6.45, 7) is 15.3. The summed E-state index contributed by atoms with van der Waals surface area (Å²) in [5.41, 5.74) is 4.69. The van der Waals surface area contributed by atoms with Crippen LogP contribution in [0.15, 0.2) is 40.9 Å². The Morgan fingerprint density at radius 3 is 2.42 bits per heavy atom. The number of carbonyl (C=O) groups is 1. The molecule has 7 nitrogen and oxygen atoms in total. The Labute approximate surface area is 199 Å². The van der Waals surface area contributed by atoms with Gasteiger partial charge >= 0.3 is 0 Å². The molecule has 7 heteroatoms. The highest BCUT2D eigenvalue weighted by Gasteiger charge is 2.09. The van der Waals surface area contributed by atoms with Crippen molar-refractivity contribution in [1.82, 2.24) is 9.97 Å². The molecule has 1 aromatic carbocycles. The normalized spacial score (nSPS) is 11.5. The first-order chi connectivity index (χ1) is 15.9. The molecule has 0 saturated heterocycles. The lowest BCUT2D eigenvalue weighted by atomic mass is 10.0. The number of nitrogens with zero attached hydrogens (tertiary/aromatic N) is 4. The summed E-state index contributed by atoms with van der Waals surface area (Å²) in [6.07, 6.45) is 10.2. The van der Waals surface area contributed by atoms with Crippen LogP contribution in [0.1, 0.15) is 78.5 Å². The van der Waals surface area contributed by atoms with Crippen LogP contribution in [0.4, 0.5) is 17.1 Å². The van der Waals surface area contributed by atoms with Gasteiger partial charge in [-0.1, -0.05) is 60.3 Å². The van der Waals surface area contributed by atoms with E-state index < -0.39 is 0 Å². The van der Waals surface area contributed by atoms with Gasteiger partial charge in [0.15, 0.2) is 6.29 Å². The Kier molecular flexibility index (Phi) is 16.9. The minimum absolute atomic E-state index is 0.424. The van der Waals surface area contributed by atoms with Crippen molar-refractivity contribution < 1.29 is 4.79 Å². The second kappa shape index (κ2) is 18.6. The van der Waals surface area contributed by atoms with Gasteiger partial charge in [-0.25, -0.2) is 15.0 Å². The molecule has 0 bridgehead atoms. The molecular formula is C26H41N5O2. The van der Waals surface area contributed by atoms with Gasteiger partial charge in [0.1, 0.15) is 17.7 Å². The number of anilines is 1. The highest BCUT2D eigenvalue weighted by Crippen LogP contribution is 2.26. The molecule has 0 amide bonds. The van der Waals surface area contributed by atoms with Crippen LogP contribution in [0.25, 0.3) is 0 Å². The predicted molar refractivity (Wildman–Crippen MR) is 140 cm³/mol. The number of hydrogen-bond donors (Lipinski definition) is 1. The van der Waals surface area contributed by atoms with Crippen molar-refractivity contribution in [2.45, 2.75) is 80.6 Å². The van der Waals surface area contributed by atoms with Crippen molar-refractivity contribution in [2.75, 3.05) is 11.9 Å². The van der Waals surface area contributed by atoms with Gasteiger partial charge in [0.2, 0.25) is 0 Å². The maximum absolute atomic E-state index is 10.2. The zero-order valence-corrected chi connectivity index (χ0v) is 21.4. The maximum Gasteiger partial charge on any atom is 0.163 e. The summed E-state index contributed by atoms with van der Waals surface area (Å²) < 4.78 is 0. The first-order valence-electron chi connectivity index (χ1n) is 11.9. The molecule has 182 valence electrons. The van der Waals surface area contributed by atoms with Crippen molar-refractivity contribution in [3.05, 3.63) is 46.9 Å². The van der Waals surface area contributed by atoms with Crippen LogP contribution in [-0.2, 0) is 11.2 Å². The number of aryl methyl sites for hydroxylation is 1. The SMILES string of the molecule is CC.CC(C=O)=Nc1cncnc1C.CCCC(C)CCC.O=Nc1ccc2c(c1)CCN2. The van der Waals surface area contributed by atoms with E-state index in [1.807, 2.05) is 32.9 Å². The Morgan fingerprint density at radius 1 is 1.21 bits per heavy atom. The number of aromatic nitrogens is 2. The highest BCUT2D eigenvalue weighted by molar-refractivity contribution is 6.27. The molecule has 3 rings (SSSR count). The second-order valence-electron chi connectivity index (χ2n) is 7.66. The number of nitroso groups, excluding NO2 is 1. The van der Waals surface area contributed by atoms with Gasteiger partial charge in [-0.05, 0) is 55.1 Å². The van der Waals surface area contributed by atoms with Crippen LogP contribution in [0.2, 0.25) is 0 Å². The topological polar surface area (TPSA) is 96.7 Å². The third-order valence-electron chi connectivity index (χ3n) is 4.82. The first kappa shape index (κ1) is 30.0. The average molecular weight is 456 g/mol. The van der Waals surface area contributed by atoms with Crippen LogP contribution >= 0.6 is 0 Å². The summed E-state index contributed by atoms with van der Waals surface area (Å²) in [7, 11) is 0. The van der Waals surface area contributed by atoms with Crippen LogP contribution in [0.3, 0.4) is 0 Å². The lowest BCUT2D eigenvalue weighted by Crippen LogP contribution is -1.91. The molecule has 0 spiro atoms. The van der Waals surface area contributed by atoms with Crippen molar-refractivity contribution in [3.8, 4) is 0 Å². The molecule has 0 saturated carbocycles. The van der Waals surface area contributed by atoms with E-state index >= 15 is 0 Å². The Bertz CT molecular complexity index is 846. The predicted octanol–water partition coefficient (Wildman–Crippen LogP) is 7.38. The summed E-state index contributed by atoms with van der Waals surface area (Å²) in [4.78, 5) is 32.1. The number of fused-ring (bicyclic) bond motifs is 1. The van der Waals surface area contributed by atoms with Crippen molar-refractivity contribution in [1.29, 1.82) is 0 Å². The van der Waals surface area contributed by atoms with Crippen molar-refractivity contribution in [2.24, 2.45) is 16.1 Å². The summed E-state index contributed by atoms with van der Waals surface area (Å²) in [5, 5.41) is 6.08. The molecule has 0 aliphatic carbocycles. The van der Waals surface area contributed by atoms with Gasteiger partial charge in [-0.15, -0.1) is 4.91 Å². The molecular weight excluding hydrogens is 414 g/mol. The van der Waals surface area contributed by atoms with E-state index in [9.17, 15) is 9.70 Å². The molecule has 1 aliphatic rings. The van der Waals surface area contributed by atoms with E-state index in [1.165, 1.54) is 37.6 Å². The smallest absolute Gasteiger partial charge is 0.163 e. The number of hydrogen-bond acceptors (Lipinski definition) is 7. The lowest BCUT2D eigenvalue weighted by molar-refractivity contribution is -0.102. The largest absolute Gasteiger partial charge is 0.384 e. The first-order valence-corrected chi connectivity index (χ1v) is 11.9. The number of aldehydes is 1. The fourth-order valence-electron chi connectivity index (χ4n) is 3.19. The van der Waals surface area contributed by atoms with Gasteiger partial charge in [0, 0.05) is 12.2 Å². The summed E-state index contributed by atoms with van der Waals surface area (Å²) >= 11 is 0. The van der Waals surface area contributed by atoms with Gasteiger partial charge in [-0.3, -0.25) is 4.79 Å². The van der Waals surface area contributed by atoms with E-state index in [-0.39, 0.29) is 0 Å². The summed E-state index contributed by atoms with van der Waals surface area (Å²) in [5.74, 6) is 0.963. The molecule has 0 atom stereocenters. The van der Waals surface area contributed by atoms with Gasteiger partial charge in [0.05, 0.1) is 17.6 Å². The zero-order valence-electron chi connectivity index (χ0n) is 21.4. The Balaban J connectivity index is 0.000000457. The van der Waals surface area contributed by atoms with E-state index in [0.717, 1.165) is 30.3 Å². The lowest BCUT2D eigenvalue weighted by Gasteiger charge is -2.05. The molecule has 0 unspecified atom stereocenters. The highest BCUT2D eigenvalue weighted by atomic mass is 16.3. The molecule has 1 aliphatic heterocycles. The third kappa shape index (κ3) is 12.6. The second-order valence-corrected chi connectivity index (χ2v) is 7.66. The number of carbonyl (C=O) groups excluding carboxylic acids is 1. The van der Waals surface area contributed by atoms with Gasteiger partial charge in [0.25, 0.3) is 0 Å². The molecule has 1 aromatic heterocycles. The molecule has 1 N–H and O–H groups in total. The Morgan fingerprint density at radius 2 is 1.88 bits per heavy atom. The van der Waals surface area contributed by atoms with E-state index in [0.29, 0.717) is 23.4 Å². The van der Waals surface area contributed by atoms with E-state index in [1.54, 1.807) is 19.2 Å². The fraction of sp³-hybridized carbons (Fsp3) is 0.538. The molecule has 0 radical (unpaired) electrons. The third-order valence-corrected chi connectivity index (χ3v) is 4.82. The zero-order chi connectivity index (χ0) is 25.1. The van der Waals surface area contributed by atoms with Crippen molar-refractivity contribution in [3.63, 3.8) is 0 Å². The quantitative estimate of drug-likeness (QED) is 0.267. The molecule has 2 aromatic rings. The van der Waals surface area contributed by atoms with E-state index in [2.05, 4.69) is 46.2 Å². The van der Waals surface area contributed by atoms with Crippen molar-refractivity contribution >= 4 is 29.1 Å². The minimum Gasteiger partial charge on any atom is -0.384 e. The maximum atomic E-state index is 10.2.